The van der Waals surface area contributed by atoms with Gasteiger partial charge in [0.25, 0.3) is 5.91 Å². The maximum Gasteiger partial charge on any atom is 0.255 e. The molecule has 5 rings (SSSR count). The Morgan fingerprint density at radius 2 is 2.05 bits per heavy atom. The van der Waals surface area contributed by atoms with Crippen molar-refractivity contribution in [2.75, 3.05) is 7.11 Å². The number of fused-ring (bicyclic) bond motifs is 1. The van der Waals surface area contributed by atoms with Crippen LogP contribution in [-0.2, 0) is 26.0 Å². The van der Waals surface area contributed by atoms with E-state index in [9.17, 15) is 4.79 Å². The van der Waals surface area contributed by atoms with Crippen LogP contribution >= 0.6 is 50.5 Å². The normalized spacial score (nSPS) is 15.0. The number of benzene rings is 2. The van der Waals surface area contributed by atoms with Crippen LogP contribution in [0.1, 0.15) is 64.9 Å². The van der Waals surface area contributed by atoms with Crippen LogP contribution in [0.2, 0.25) is 10.0 Å². The quantitative estimate of drug-likeness (QED) is 0.176. The molecule has 226 valence electrons. The average Bonchev–Trinajstić information content (AvgIpc) is 3.61. The Balaban J connectivity index is 1.41. The molecule has 10 heteroatoms. The van der Waals surface area contributed by atoms with E-state index in [-0.39, 0.29) is 17.9 Å². The summed E-state index contributed by atoms with van der Waals surface area (Å²) in [5.41, 5.74) is 3.55. The summed E-state index contributed by atoms with van der Waals surface area (Å²) < 4.78 is 17.9. The number of amides is 1. The molecule has 2 heterocycles. The first-order chi connectivity index (χ1) is 20.5. The van der Waals surface area contributed by atoms with Crippen molar-refractivity contribution in [1.82, 2.24) is 5.32 Å². The van der Waals surface area contributed by atoms with Crippen LogP contribution in [0.5, 0.6) is 11.5 Å². The molecule has 0 aliphatic heterocycles. The predicted octanol–water partition coefficient (Wildman–Crippen LogP) is 9.83. The van der Waals surface area contributed by atoms with Gasteiger partial charge in [0.05, 0.1) is 30.0 Å². The zero-order valence-corrected chi connectivity index (χ0v) is 28.3. The van der Waals surface area contributed by atoms with Crippen molar-refractivity contribution in [1.29, 1.82) is 0 Å². The zero-order valence-electron chi connectivity index (χ0n) is 24.4. The van der Waals surface area contributed by atoms with Gasteiger partial charge < -0.3 is 19.2 Å². The molecule has 1 N–H and O–H groups in total. The molecule has 43 heavy (non-hydrogen) atoms. The summed E-state index contributed by atoms with van der Waals surface area (Å²) in [6, 6.07) is 12.7. The second-order valence-electron chi connectivity index (χ2n) is 11.6. The third kappa shape index (κ3) is 7.48. The van der Waals surface area contributed by atoms with Crippen LogP contribution in [0, 0.1) is 11.3 Å². The number of rotatable bonds is 9. The van der Waals surface area contributed by atoms with E-state index in [1.54, 1.807) is 43.1 Å². The molecule has 1 aliphatic carbocycles. The van der Waals surface area contributed by atoms with Gasteiger partial charge in [-0.15, -0.1) is 11.3 Å². The van der Waals surface area contributed by atoms with Crippen LogP contribution in [0.25, 0.3) is 0 Å². The molecule has 0 unspecified atom stereocenters. The maximum absolute atomic E-state index is 13.5. The number of nitrogens with one attached hydrogen (secondary N) is 1. The SMILES string of the molecule is COc1cc(C=Nc2sc3c(c2C(=O)NCc2ccco2)CC[C@H](C(C)(C)C)C3)cc(Br)c1OCc1ccc(Cl)cc1Cl. The summed E-state index contributed by atoms with van der Waals surface area (Å²) >= 11 is 17.6. The number of aliphatic imine (C=N–C) groups is 1. The summed E-state index contributed by atoms with van der Waals surface area (Å²) in [5, 5.41) is 4.82. The fourth-order valence-electron chi connectivity index (χ4n) is 5.18. The summed E-state index contributed by atoms with van der Waals surface area (Å²) in [5.74, 6) is 2.19. The van der Waals surface area contributed by atoms with E-state index < -0.39 is 0 Å². The van der Waals surface area contributed by atoms with E-state index in [1.165, 1.54) is 4.88 Å². The fraction of sp³-hybridized carbons (Fsp3) is 0.333. The van der Waals surface area contributed by atoms with Gasteiger partial charge in [0.1, 0.15) is 17.4 Å². The van der Waals surface area contributed by atoms with E-state index in [2.05, 4.69) is 42.0 Å². The summed E-state index contributed by atoms with van der Waals surface area (Å²) in [7, 11) is 1.59. The number of carbonyl (C=O) groups excluding carboxylic acids is 1. The number of nitrogens with zero attached hydrogens (tertiary/aromatic N) is 1. The summed E-state index contributed by atoms with van der Waals surface area (Å²) in [4.78, 5) is 19.6. The third-order valence-electron chi connectivity index (χ3n) is 7.67. The number of ether oxygens (including phenoxy) is 2. The molecule has 2 aromatic carbocycles. The van der Waals surface area contributed by atoms with Crippen molar-refractivity contribution in [3.63, 3.8) is 0 Å². The minimum atomic E-state index is -0.140. The van der Waals surface area contributed by atoms with Gasteiger partial charge in [0.15, 0.2) is 11.5 Å². The number of halogens is 3. The molecule has 1 amide bonds. The molecule has 1 aliphatic rings. The summed E-state index contributed by atoms with van der Waals surface area (Å²) in [6.45, 7) is 7.42. The first kappa shape index (κ1) is 31.6. The Bertz CT molecular complexity index is 1640. The van der Waals surface area contributed by atoms with Crippen LogP contribution in [0.4, 0.5) is 5.00 Å². The van der Waals surface area contributed by atoms with Gasteiger partial charge >= 0.3 is 0 Å². The molecule has 0 saturated heterocycles. The van der Waals surface area contributed by atoms with Crippen molar-refractivity contribution < 1.29 is 18.7 Å². The van der Waals surface area contributed by atoms with Gasteiger partial charge in [-0.2, -0.15) is 0 Å². The van der Waals surface area contributed by atoms with Crippen molar-refractivity contribution in [3.05, 3.63) is 96.1 Å². The first-order valence-electron chi connectivity index (χ1n) is 14.0. The molecule has 6 nitrogen and oxygen atoms in total. The minimum absolute atomic E-state index is 0.140. The molecular weight excluding hydrogens is 671 g/mol. The van der Waals surface area contributed by atoms with Crippen LogP contribution in [-0.4, -0.2) is 19.2 Å². The highest BCUT2D eigenvalue weighted by Crippen LogP contribution is 2.45. The zero-order chi connectivity index (χ0) is 30.7. The van der Waals surface area contributed by atoms with Gasteiger partial charge in [0, 0.05) is 26.7 Å². The van der Waals surface area contributed by atoms with Crippen molar-refractivity contribution in [2.45, 2.75) is 53.2 Å². The van der Waals surface area contributed by atoms with Gasteiger partial charge in [-0.25, -0.2) is 4.99 Å². The largest absolute Gasteiger partial charge is 0.493 e. The molecule has 4 aromatic rings. The lowest BCUT2D eigenvalue weighted by molar-refractivity contribution is 0.0947. The average molecular weight is 705 g/mol. The van der Waals surface area contributed by atoms with Gasteiger partial charge in [0.2, 0.25) is 0 Å². The number of thiophene rings is 1. The smallest absolute Gasteiger partial charge is 0.255 e. The van der Waals surface area contributed by atoms with E-state index in [0.29, 0.717) is 54.8 Å². The second-order valence-corrected chi connectivity index (χ2v) is 14.4. The maximum atomic E-state index is 13.5. The molecule has 0 saturated carbocycles. The minimum Gasteiger partial charge on any atom is -0.493 e. The fourth-order valence-corrected chi connectivity index (χ4v) is 7.49. The predicted molar refractivity (Wildman–Crippen MR) is 178 cm³/mol. The number of hydrogen-bond acceptors (Lipinski definition) is 6. The number of carbonyl (C=O) groups is 1. The Morgan fingerprint density at radius 1 is 1.23 bits per heavy atom. The number of hydrogen-bond donors (Lipinski definition) is 1. The Morgan fingerprint density at radius 3 is 2.74 bits per heavy atom. The van der Waals surface area contributed by atoms with Gasteiger partial charge in [-0.3, -0.25) is 4.79 Å². The number of furan rings is 1. The van der Waals surface area contributed by atoms with E-state index in [1.807, 2.05) is 30.3 Å². The van der Waals surface area contributed by atoms with E-state index in [4.69, 9.17) is 42.1 Å². The molecule has 0 radical (unpaired) electrons. The Kier molecular flexibility index (Phi) is 9.91. The molecular formula is C33H33BrCl2N2O4S. The van der Waals surface area contributed by atoms with Crippen LogP contribution < -0.4 is 14.8 Å². The van der Waals surface area contributed by atoms with Crippen molar-refractivity contribution in [3.8, 4) is 11.5 Å². The lowest BCUT2D eigenvalue weighted by Crippen LogP contribution is -2.28. The Hall–Kier alpha value is -2.78. The highest BCUT2D eigenvalue weighted by molar-refractivity contribution is 9.10. The molecule has 0 fully saturated rings. The lowest BCUT2D eigenvalue weighted by Gasteiger charge is -2.33. The van der Waals surface area contributed by atoms with Gasteiger partial charge in [-0.1, -0.05) is 50.0 Å². The van der Waals surface area contributed by atoms with E-state index in [0.717, 1.165) is 36.0 Å². The Labute approximate surface area is 274 Å². The van der Waals surface area contributed by atoms with Crippen molar-refractivity contribution in [2.24, 2.45) is 16.3 Å². The monoisotopic (exact) mass is 702 g/mol. The first-order valence-corrected chi connectivity index (χ1v) is 16.3. The molecule has 0 bridgehead atoms. The van der Waals surface area contributed by atoms with Crippen molar-refractivity contribution >= 4 is 67.6 Å². The third-order valence-corrected chi connectivity index (χ3v) is 10.0. The topological polar surface area (TPSA) is 73.1 Å². The highest BCUT2D eigenvalue weighted by atomic mass is 79.9. The molecule has 2 aromatic heterocycles. The molecule has 1 atom stereocenters. The number of methoxy groups -OCH3 is 1. The van der Waals surface area contributed by atoms with Gasteiger partial charge in [-0.05, 0) is 94.1 Å². The standard InChI is InChI=1S/C33H33BrCl2N2O4S/c1-33(2,3)21-8-10-24-28(14-21)43-32(29(24)31(39)37-17-23-6-5-11-41-23)38-16-19-12-25(34)30(27(13-19)40-4)42-18-20-7-9-22(35)15-26(20)36/h5-7,9,11-13,15-16,21H,8,10,14,17-18H2,1-4H3,(H,37,39)/t21-/m0/s1. The van der Waals surface area contributed by atoms with Crippen LogP contribution in [0.15, 0.2) is 62.6 Å². The molecule has 0 spiro atoms. The second kappa shape index (κ2) is 13.5. The van der Waals surface area contributed by atoms with Crippen LogP contribution in [0.3, 0.4) is 0 Å². The highest BCUT2D eigenvalue weighted by Gasteiger charge is 2.33. The van der Waals surface area contributed by atoms with E-state index >= 15 is 0 Å². The lowest BCUT2D eigenvalue weighted by atomic mass is 9.72. The summed E-state index contributed by atoms with van der Waals surface area (Å²) in [6.07, 6.45) is 6.21.